The summed E-state index contributed by atoms with van der Waals surface area (Å²) in [6.45, 7) is 5.24. The van der Waals surface area contributed by atoms with Gasteiger partial charge >= 0.3 is 11.9 Å². The van der Waals surface area contributed by atoms with Crippen LogP contribution in [0.15, 0.2) is 28.5 Å². The van der Waals surface area contributed by atoms with Gasteiger partial charge in [0.25, 0.3) is 0 Å². The van der Waals surface area contributed by atoms with E-state index in [2.05, 4.69) is 17.9 Å². The van der Waals surface area contributed by atoms with Crippen LogP contribution in [0.1, 0.15) is 30.9 Å². The molecule has 0 atom stereocenters. The van der Waals surface area contributed by atoms with Crippen LogP contribution in [0.2, 0.25) is 0 Å². The van der Waals surface area contributed by atoms with E-state index in [1.807, 2.05) is 11.5 Å². The van der Waals surface area contributed by atoms with Gasteiger partial charge in [-0.05, 0) is 56.1 Å². The first kappa shape index (κ1) is 16.2. The van der Waals surface area contributed by atoms with E-state index in [1.165, 1.54) is 0 Å². The van der Waals surface area contributed by atoms with Crippen LogP contribution in [0.25, 0.3) is 5.57 Å². The third-order valence-corrected chi connectivity index (χ3v) is 7.36. The minimum Gasteiger partial charge on any atom is -0.325 e. The molecule has 1 spiro atoms. The topological polar surface area (TPSA) is 79.6 Å². The number of rotatable bonds is 2. The summed E-state index contributed by atoms with van der Waals surface area (Å²) in [5.74, 6) is -1.58. The lowest BCUT2D eigenvalue weighted by atomic mass is 9.86. The fraction of sp³-hybridized carbons (Fsp3) is 0.389. The van der Waals surface area contributed by atoms with Crippen LogP contribution in [0, 0.1) is 17.2 Å². The number of likely N-dealkylation sites (tertiary alicyclic amines) is 1. The first-order chi connectivity index (χ1) is 12.1. The summed E-state index contributed by atoms with van der Waals surface area (Å²) in [5, 5.41) is 11.0. The molecule has 2 fully saturated rings. The van der Waals surface area contributed by atoms with Gasteiger partial charge in [-0.25, -0.2) is 9.59 Å². The zero-order chi connectivity index (χ0) is 17.6. The van der Waals surface area contributed by atoms with E-state index >= 15 is 0 Å². The second-order valence-electron chi connectivity index (χ2n) is 6.39. The van der Waals surface area contributed by atoms with E-state index in [9.17, 15) is 14.9 Å². The van der Waals surface area contributed by atoms with E-state index in [0.29, 0.717) is 16.4 Å². The Morgan fingerprint density at radius 1 is 1.24 bits per heavy atom. The van der Waals surface area contributed by atoms with Crippen molar-refractivity contribution in [3.05, 3.63) is 34.7 Å². The zero-order valence-electron chi connectivity index (χ0n) is 13.9. The van der Waals surface area contributed by atoms with Crippen molar-refractivity contribution in [2.45, 2.75) is 24.7 Å². The molecule has 1 aromatic carbocycles. The average Bonchev–Trinajstić information content (AvgIpc) is 3.11. The Hall–Kier alpha value is -2.30. The second kappa shape index (κ2) is 5.90. The molecule has 0 N–H and O–H groups in total. The molecule has 3 aliphatic rings. The first-order valence-corrected chi connectivity index (χ1v) is 9.90. The number of hydrogen-bond acceptors (Lipinski definition) is 6. The number of nitrogens with zero attached hydrogens (tertiary/aromatic N) is 2. The van der Waals surface area contributed by atoms with Crippen molar-refractivity contribution in [3.63, 3.8) is 0 Å². The van der Waals surface area contributed by atoms with Gasteiger partial charge in [-0.2, -0.15) is 5.26 Å². The number of allylic oxidation sites excluding steroid dienone is 1. The predicted octanol–water partition coefficient (Wildman–Crippen LogP) is 2.74. The van der Waals surface area contributed by atoms with Gasteiger partial charge in [0.15, 0.2) is 0 Å². The zero-order valence-corrected chi connectivity index (χ0v) is 14.7. The van der Waals surface area contributed by atoms with Gasteiger partial charge in [-0.1, -0.05) is 23.6 Å². The molecule has 4 rings (SSSR count). The molecule has 0 aliphatic carbocycles. The molecule has 0 amide bonds. The van der Waals surface area contributed by atoms with Gasteiger partial charge < -0.3 is 13.3 Å². The lowest BCUT2D eigenvalue weighted by Crippen LogP contribution is -2.33. The number of carbonyl (C=O) groups is 2. The summed E-state index contributed by atoms with van der Waals surface area (Å²) in [6, 6.07) is 7.42. The van der Waals surface area contributed by atoms with E-state index in [-0.39, 0.29) is 0 Å². The van der Waals surface area contributed by atoms with Crippen LogP contribution in [0.4, 0.5) is 0 Å². The molecule has 0 bridgehead atoms. The van der Waals surface area contributed by atoms with Gasteiger partial charge in [-0.3, -0.25) is 0 Å². The average molecular weight is 358 g/mol. The summed E-state index contributed by atoms with van der Waals surface area (Å²) in [5.41, 5.74) is 2.47. The van der Waals surface area contributed by atoms with Crippen LogP contribution in [0.5, 0.6) is 0 Å². The Kier molecular flexibility index (Phi) is 3.82. The lowest BCUT2D eigenvalue weighted by Gasteiger charge is -2.31. The molecule has 0 radical (unpaired) electrons. The molecular weight excluding hydrogens is 340 g/mol. The molecule has 1 aromatic rings. The third kappa shape index (κ3) is 2.53. The maximum Gasteiger partial charge on any atom is 0.441 e. The van der Waals surface area contributed by atoms with Gasteiger partial charge in [0.1, 0.15) is 0 Å². The standard InChI is InChI=1S/C18H18N2O4S/c1-2-20-7-5-13(6-8-20)15-11-25(23-17(21)18(22)24-25)16-9-12(10-19)3-4-14(15)16/h3-4,9,11,13H,2,5-8H2,1H3. The second-order valence-corrected chi connectivity index (χ2v) is 8.49. The van der Waals surface area contributed by atoms with Crippen molar-refractivity contribution < 1.29 is 18.0 Å². The molecule has 0 unspecified atom stereocenters. The third-order valence-electron chi connectivity index (χ3n) is 5.05. The lowest BCUT2D eigenvalue weighted by molar-refractivity contribution is -0.150. The molecule has 0 aromatic heterocycles. The Morgan fingerprint density at radius 3 is 2.52 bits per heavy atom. The monoisotopic (exact) mass is 358 g/mol. The van der Waals surface area contributed by atoms with Crippen LogP contribution in [0.3, 0.4) is 0 Å². The Bertz CT molecular complexity index is 818. The van der Waals surface area contributed by atoms with Gasteiger partial charge in [0.2, 0.25) is 0 Å². The van der Waals surface area contributed by atoms with Gasteiger partial charge in [0, 0.05) is 5.56 Å². The summed E-state index contributed by atoms with van der Waals surface area (Å²) < 4.78 is 10.8. The number of benzene rings is 1. The van der Waals surface area contributed by atoms with E-state index in [4.69, 9.17) is 8.37 Å². The highest BCUT2D eigenvalue weighted by molar-refractivity contribution is 8.29. The number of hydrogen-bond donors (Lipinski definition) is 0. The Balaban J connectivity index is 1.75. The Morgan fingerprint density at radius 2 is 1.92 bits per heavy atom. The van der Waals surface area contributed by atoms with Gasteiger partial charge in [-0.15, -0.1) is 0 Å². The maximum absolute atomic E-state index is 11.7. The quantitative estimate of drug-likeness (QED) is 0.756. The molecule has 3 aliphatic heterocycles. The largest absolute Gasteiger partial charge is 0.441 e. The highest BCUT2D eigenvalue weighted by Gasteiger charge is 2.47. The van der Waals surface area contributed by atoms with Crippen molar-refractivity contribution >= 4 is 28.1 Å². The molecule has 6 nitrogen and oxygen atoms in total. The molecule has 0 saturated carbocycles. The molecule has 3 heterocycles. The highest BCUT2D eigenvalue weighted by atomic mass is 32.3. The number of nitriles is 1. The van der Waals surface area contributed by atoms with Crippen molar-refractivity contribution in [3.8, 4) is 6.07 Å². The summed E-state index contributed by atoms with van der Waals surface area (Å²) in [7, 11) is -2.56. The van der Waals surface area contributed by atoms with E-state index < -0.39 is 22.5 Å². The molecule has 130 valence electrons. The van der Waals surface area contributed by atoms with Crippen LogP contribution in [-0.4, -0.2) is 36.5 Å². The summed E-state index contributed by atoms with van der Waals surface area (Å²) in [6.07, 6.45) is 2.02. The predicted molar refractivity (Wildman–Crippen MR) is 92.0 cm³/mol. The molecule has 25 heavy (non-hydrogen) atoms. The van der Waals surface area contributed by atoms with Crippen molar-refractivity contribution in [1.29, 1.82) is 5.26 Å². The normalized spacial score (nSPS) is 23.6. The molecule has 2 saturated heterocycles. The van der Waals surface area contributed by atoms with Crippen molar-refractivity contribution in [1.82, 2.24) is 4.90 Å². The molecule has 7 heteroatoms. The summed E-state index contributed by atoms with van der Waals surface area (Å²) >= 11 is 0. The molecular formula is C18H18N2O4S. The number of piperidine rings is 1. The Labute approximate surface area is 147 Å². The van der Waals surface area contributed by atoms with Gasteiger partial charge in [0.05, 0.1) is 21.9 Å². The smallest absolute Gasteiger partial charge is 0.325 e. The van der Waals surface area contributed by atoms with Crippen LogP contribution < -0.4 is 0 Å². The highest BCUT2D eigenvalue weighted by Crippen LogP contribution is 2.70. The van der Waals surface area contributed by atoms with Crippen molar-refractivity contribution in [2.24, 2.45) is 5.92 Å². The maximum atomic E-state index is 11.7. The van der Waals surface area contributed by atoms with Crippen molar-refractivity contribution in [2.75, 3.05) is 19.6 Å². The minimum atomic E-state index is -2.56. The first-order valence-electron chi connectivity index (χ1n) is 8.35. The SMILES string of the molecule is CCN1CCC(C2=CS3(OC(=O)C(=O)O3)c3cc(C#N)ccc32)CC1. The summed E-state index contributed by atoms with van der Waals surface area (Å²) in [4.78, 5) is 26.4. The fourth-order valence-electron chi connectivity index (χ4n) is 3.68. The minimum absolute atomic E-state index is 0.333. The van der Waals surface area contributed by atoms with E-state index in [0.717, 1.165) is 43.6 Å². The van der Waals surface area contributed by atoms with E-state index in [1.54, 1.807) is 12.1 Å². The number of fused-ring (bicyclic) bond motifs is 2. The van der Waals surface area contributed by atoms with Crippen LogP contribution in [-0.2, 0) is 18.0 Å². The fourth-order valence-corrected chi connectivity index (χ4v) is 6.14. The number of carbonyl (C=O) groups excluding carboxylic acids is 2. The van der Waals surface area contributed by atoms with Crippen LogP contribution >= 0.6 is 10.6 Å².